The standard InChI is InChI=1S/C30H32N2O7/c1-30(2)38-27-26(36-19-21-12-7-4-8-13-21)25(37-28(27)39-30)23-16-24(33)32(17-20-10-5-3-6-11-20)29(34)31(23)18-22-14-9-15-35-22/h3-15,23,25-28H,16-19H2,1-2H3/t23?,25-,26+,27-,28-/m0/s1. The van der Waals surface area contributed by atoms with Gasteiger partial charge in [0.2, 0.25) is 5.91 Å². The molecule has 3 aliphatic heterocycles. The van der Waals surface area contributed by atoms with E-state index in [1.165, 1.54) is 4.90 Å². The molecule has 3 fully saturated rings. The molecule has 3 amide bonds. The van der Waals surface area contributed by atoms with Gasteiger partial charge in [-0.25, -0.2) is 4.79 Å². The van der Waals surface area contributed by atoms with Gasteiger partial charge < -0.3 is 28.3 Å². The number of rotatable bonds is 8. The topological polar surface area (TPSA) is 90.7 Å². The summed E-state index contributed by atoms with van der Waals surface area (Å²) in [5, 5.41) is 0. The van der Waals surface area contributed by atoms with Crippen LogP contribution in [-0.2, 0) is 43.4 Å². The van der Waals surface area contributed by atoms with Crippen molar-refractivity contribution in [2.75, 3.05) is 0 Å². The highest BCUT2D eigenvalue weighted by Crippen LogP contribution is 2.42. The van der Waals surface area contributed by atoms with Crippen molar-refractivity contribution in [3.63, 3.8) is 0 Å². The smallest absolute Gasteiger partial charge is 0.327 e. The van der Waals surface area contributed by atoms with E-state index in [0.29, 0.717) is 12.4 Å². The van der Waals surface area contributed by atoms with Gasteiger partial charge in [0, 0.05) is 0 Å². The summed E-state index contributed by atoms with van der Waals surface area (Å²) >= 11 is 0. The molecule has 9 heteroatoms. The maximum absolute atomic E-state index is 13.9. The summed E-state index contributed by atoms with van der Waals surface area (Å²) in [6, 6.07) is 21.9. The Bertz CT molecular complexity index is 1280. The number of furan rings is 1. The number of urea groups is 1. The summed E-state index contributed by atoms with van der Waals surface area (Å²) < 4.78 is 30.6. The Morgan fingerprint density at radius 3 is 2.28 bits per heavy atom. The third-order valence-corrected chi connectivity index (χ3v) is 7.34. The molecular formula is C30H32N2O7. The van der Waals surface area contributed by atoms with Gasteiger partial charge in [-0.2, -0.15) is 0 Å². The molecule has 6 rings (SSSR count). The van der Waals surface area contributed by atoms with Gasteiger partial charge in [-0.1, -0.05) is 60.7 Å². The SMILES string of the molecule is CC1(C)O[C@@H]2O[C@@H](C3CC(=O)N(Cc4ccccc4)C(=O)N3Cc3ccco3)[C@@H](OCc3ccccc3)[C@@H]2O1. The van der Waals surface area contributed by atoms with E-state index in [4.69, 9.17) is 23.4 Å². The Morgan fingerprint density at radius 2 is 1.59 bits per heavy atom. The van der Waals surface area contributed by atoms with Gasteiger partial charge in [0.25, 0.3) is 0 Å². The minimum Gasteiger partial charge on any atom is -0.467 e. The first kappa shape index (κ1) is 25.8. The Morgan fingerprint density at radius 1 is 0.872 bits per heavy atom. The number of amides is 3. The van der Waals surface area contributed by atoms with E-state index in [0.717, 1.165) is 11.1 Å². The van der Waals surface area contributed by atoms with Crippen LogP contribution in [0.15, 0.2) is 83.5 Å². The Labute approximate surface area is 227 Å². The van der Waals surface area contributed by atoms with Gasteiger partial charge >= 0.3 is 6.03 Å². The van der Waals surface area contributed by atoms with Crippen molar-refractivity contribution in [1.82, 2.24) is 9.80 Å². The number of ether oxygens (including phenoxy) is 4. The van der Waals surface area contributed by atoms with Gasteiger partial charge in [-0.05, 0) is 37.1 Å². The first-order valence-corrected chi connectivity index (χ1v) is 13.2. The first-order chi connectivity index (χ1) is 18.9. The van der Waals surface area contributed by atoms with Crippen molar-refractivity contribution in [2.45, 2.75) is 76.4 Å². The Hall–Kier alpha value is -3.50. The highest BCUT2D eigenvalue weighted by atomic mass is 16.8. The van der Waals surface area contributed by atoms with Crippen LogP contribution in [0.5, 0.6) is 0 Å². The van der Waals surface area contributed by atoms with E-state index in [1.807, 2.05) is 80.6 Å². The number of nitrogens with zero attached hydrogens (tertiary/aromatic N) is 2. The molecule has 5 atom stereocenters. The predicted octanol–water partition coefficient (Wildman–Crippen LogP) is 4.46. The van der Waals surface area contributed by atoms with E-state index >= 15 is 0 Å². The summed E-state index contributed by atoms with van der Waals surface area (Å²) in [6.07, 6.45) is -0.769. The minimum atomic E-state index is -0.840. The second kappa shape index (κ2) is 10.6. The minimum absolute atomic E-state index is 0.0674. The Balaban J connectivity index is 1.29. The van der Waals surface area contributed by atoms with Crippen molar-refractivity contribution in [3.8, 4) is 0 Å². The van der Waals surface area contributed by atoms with E-state index in [1.54, 1.807) is 17.2 Å². The quantitative estimate of drug-likeness (QED) is 0.423. The van der Waals surface area contributed by atoms with Crippen molar-refractivity contribution < 1.29 is 33.0 Å². The third kappa shape index (κ3) is 5.35. The lowest BCUT2D eigenvalue weighted by Gasteiger charge is -2.43. The molecule has 39 heavy (non-hydrogen) atoms. The molecule has 0 bridgehead atoms. The van der Waals surface area contributed by atoms with E-state index in [-0.39, 0.29) is 25.4 Å². The highest BCUT2D eigenvalue weighted by molar-refractivity contribution is 5.97. The lowest BCUT2D eigenvalue weighted by Crippen LogP contribution is -2.61. The number of imide groups is 1. The summed E-state index contributed by atoms with van der Waals surface area (Å²) in [6.45, 7) is 4.35. The van der Waals surface area contributed by atoms with Gasteiger partial charge in [0.05, 0.1) is 38.4 Å². The lowest BCUT2D eigenvalue weighted by atomic mass is 9.96. The largest absolute Gasteiger partial charge is 0.467 e. The van der Waals surface area contributed by atoms with E-state index < -0.39 is 42.5 Å². The number of hydrogen-bond acceptors (Lipinski definition) is 7. The van der Waals surface area contributed by atoms with Crippen LogP contribution in [0.1, 0.15) is 37.2 Å². The molecule has 1 aromatic heterocycles. The summed E-state index contributed by atoms with van der Waals surface area (Å²) in [5.74, 6) is -0.502. The molecule has 3 saturated heterocycles. The number of hydrogen-bond donors (Lipinski definition) is 0. The van der Waals surface area contributed by atoms with Gasteiger partial charge in [0.15, 0.2) is 12.1 Å². The average Bonchev–Trinajstić information content (AvgIpc) is 3.63. The van der Waals surface area contributed by atoms with Crippen LogP contribution in [-0.4, -0.2) is 58.2 Å². The number of carbonyl (C=O) groups is 2. The molecule has 0 aliphatic carbocycles. The molecule has 204 valence electrons. The molecule has 0 N–H and O–H groups in total. The third-order valence-electron chi connectivity index (χ3n) is 7.34. The van der Waals surface area contributed by atoms with Crippen LogP contribution in [0.25, 0.3) is 0 Å². The number of carbonyl (C=O) groups excluding carboxylic acids is 2. The lowest BCUT2D eigenvalue weighted by molar-refractivity contribution is -0.227. The molecule has 2 aromatic carbocycles. The number of benzene rings is 2. The fourth-order valence-corrected chi connectivity index (χ4v) is 5.54. The monoisotopic (exact) mass is 532 g/mol. The highest BCUT2D eigenvalue weighted by Gasteiger charge is 2.59. The average molecular weight is 533 g/mol. The second-order valence-corrected chi connectivity index (χ2v) is 10.6. The van der Waals surface area contributed by atoms with Crippen molar-refractivity contribution in [1.29, 1.82) is 0 Å². The van der Waals surface area contributed by atoms with Crippen LogP contribution >= 0.6 is 0 Å². The van der Waals surface area contributed by atoms with E-state index in [2.05, 4.69) is 0 Å². The van der Waals surface area contributed by atoms with Gasteiger partial charge in [-0.3, -0.25) is 9.69 Å². The van der Waals surface area contributed by atoms with Gasteiger partial charge in [0.1, 0.15) is 24.1 Å². The Kier molecular flexibility index (Phi) is 6.99. The van der Waals surface area contributed by atoms with Crippen LogP contribution in [0.4, 0.5) is 4.79 Å². The first-order valence-electron chi connectivity index (χ1n) is 13.2. The zero-order valence-electron chi connectivity index (χ0n) is 22.0. The number of fused-ring (bicyclic) bond motifs is 1. The summed E-state index contributed by atoms with van der Waals surface area (Å²) in [7, 11) is 0. The van der Waals surface area contributed by atoms with Crippen LogP contribution in [0.3, 0.4) is 0 Å². The van der Waals surface area contributed by atoms with E-state index in [9.17, 15) is 9.59 Å². The molecule has 3 aromatic rings. The second-order valence-electron chi connectivity index (χ2n) is 10.6. The van der Waals surface area contributed by atoms with Crippen molar-refractivity contribution in [3.05, 3.63) is 95.9 Å². The fourth-order valence-electron chi connectivity index (χ4n) is 5.54. The van der Waals surface area contributed by atoms with Crippen LogP contribution in [0, 0.1) is 0 Å². The molecular weight excluding hydrogens is 500 g/mol. The molecule has 3 aliphatic rings. The molecule has 0 radical (unpaired) electrons. The molecule has 0 spiro atoms. The maximum atomic E-state index is 13.9. The normalized spacial score (nSPS) is 28.2. The molecule has 9 nitrogen and oxygen atoms in total. The zero-order valence-corrected chi connectivity index (χ0v) is 22.0. The molecule has 0 saturated carbocycles. The maximum Gasteiger partial charge on any atom is 0.327 e. The molecule has 1 unspecified atom stereocenters. The van der Waals surface area contributed by atoms with Crippen LogP contribution < -0.4 is 0 Å². The van der Waals surface area contributed by atoms with Gasteiger partial charge in [-0.15, -0.1) is 0 Å². The zero-order chi connectivity index (χ0) is 27.0. The molecule has 4 heterocycles. The van der Waals surface area contributed by atoms with Crippen molar-refractivity contribution >= 4 is 11.9 Å². The van der Waals surface area contributed by atoms with Crippen LogP contribution in [0.2, 0.25) is 0 Å². The summed E-state index contributed by atoms with van der Waals surface area (Å²) in [4.78, 5) is 30.3. The fraction of sp³-hybridized carbons (Fsp3) is 0.400. The summed E-state index contributed by atoms with van der Waals surface area (Å²) in [5.41, 5.74) is 1.87. The van der Waals surface area contributed by atoms with Crippen molar-refractivity contribution in [2.24, 2.45) is 0 Å². The predicted molar refractivity (Wildman–Crippen MR) is 139 cm³/mol.